The van der Waals surface area contributed by atoms with Gasteiger partial charge >= 0.3 is 0 Å². The molecule has 0 aliphatic rings. The molecule has 0 aliphatic heterocycles. The van der Waals surface area contributed by atoms with Crippen LogP contribution < -0.4 is 0 Å². The van der Waals surface area contributed by atoms with E-state index in [0.717, 1.165) is 12.0 Å². The van der Waals surface area contributed by atoms with Gasteiger partial charge in [0.1, 0.15) is 6.29 Å². The molecule has 0 aliphatic carbocycles. The maximum Gasteiger partial charge on any atom is 0.142 e. The minimum atomic E-state index is 0.639. The van der Waals surface area contributed by atoms with Crippen molar-refractivity contribution < 1.29 is 4.79 Å². The first-order valence-corrected chi connectivity index (χ1v) is 7.71. The van der Waals surface area contributed by atoms with Gasteiger partial charge in [-0.3, -0.25) is 4.79 Å². The molecule has 0 bridgehead atoms. The van der Waals surface area contributed by atoms with Crippen molar-refractivity contribution in [2.24, 2.45) is 5.92 Å². The summed E-state index contributed by atoms with van der Waals surface area (Å²) >= 11 is 0. The lowest BCUT2D eigenvalue weighted by molar-refractivity contribution is -0.104. The Balaban J connectivity index is -0.000000303. The summed E-state index contributed by atoms with van der Waals surface area (Å²) in [5.41, 5.74) is 0. The van der Waals surface area contributed by atoms with Crippen molar-refractivity contribution in [3.05, 3.63) is 12.7 Å². The lowest BCUT2D eigenvalue weighted by Gasteiger charge is -2.24. The largest absolute Gasteiger partial charge is 0.304 e. The monoisotopic (exact) mass is 271 g/mol. The van der Waals surface area contributed by atoms with Gasteiger partial charge in [0.25, 0.3) is 0 Å². The van der Waals surface area contributed by atoms with Crippen LogP contribution in [0.15, 0.2) is 12.7 Å². The molecular weight excluding hydrogens is 234 g/mol. The zero-order valence-corrected chi connectivity index (χ0v) is 14.4. The van der Waals surface area contributed by atoms with Crippen LogP contribution >= 0.6 is 0 Å². The van der Waals surface area contributed by atoms with Crippen LogP contribution in [0, 0.1) is 5.92 Å². The fraction of sp³-hybridized carbons (Fsp3) is 0.824. The van der Waals surface area contributed by atoms with E-state index in [1.165, 1.54) is 38.3 Å². The van der Waals surface area contributed by atoms with Crippen molar-refractivity contribution in [1.82, 2.24) is 4.90 Å². The highest BCUT2D eigenvalue weighted by atomic mass is 16.1. The third kappa shape index (κ3) is 23.0. The Morgan fingerprint density at radius 3 is 1.79 bits per heavy atom. The van der Waals surface area contributed by atoms with Crippen molar-refractivity contribution in [1.29, 1.82) is 0 Å². The minimum Gasteiger partial charge on any atom is -0.304 e. The maximum absolute atomic E-state index is 9.06. The smallest absolute Gasteiger partial charge is 0.142 e. The molecule has 0 spiro atoms. The molecule has 0 aromatic heterocycles. The Bertz CT molecular complexity index is 174. The second kappa shape index (κ2) is 19.7. The summed E-state index contributed by atoms with van der Waals surface area (Å²) in [6.07, 6.45) is 7.00. The predicted octanol–water partition coefficient (Wildman–Crippen LogP) is 4.94. The van der Waals surface area contributed by atoms with Crippen molar-refractivity contribution >= 4 is 6.29 Å². The first kappa shape index (κ1) is 23.5. The number of nitrogens with zero attached hydrogens (tertiary/aromatic N) is 1. The van der Waals surface area contributed by atoms with E-state index < -0.39 is 0 Å². The molecule has 116 valence electrons. The Morgan fingerprint density at radius 1 is 1.11 bits per heavy atom. The fourth-order valence-corrected chi connectivity index (χ4v) is 1.16. The highest BCUT2D eigenvalue weighted by Gasteiger charge is 2.07. The summed E-state index contributed by atoms with van der Waals surface area (Å²) in [5.74, 6) is 0.886. The number of carbonyl (C=O) groups is 1. The van der Waals surface area contributed by atoms with Crippen LogP contribution in [0.3, 0.4) is 0 Å². The molecule has 0 radical (unpaired) electrons. The van der Waals surface area contributed by atoms with E-state index in [2.05, 4.69) is 60.1 Å². The Morgan fingerprint density at radius 2 is 1.53 bits per heavy atom. The van der Waals surface area contributed by atoms with Crippen molar-refractivity contribution in [2.75, 3.05) is 13.6 Å². The van der Waals surface area contributed by atoms with E-state index in [9.17, 15) is 0 Å². The normalized spacial score (nSPS) is 12.4. The van der Waals surface area contributed by atoms with Crippen LogP contribution in [0.1, 0.15) is 67.2 Å². The van der Waals surface area contributed by atoms with E-state index >= 15 is 0 Å². The summed E-state index contributed by atoms with van der Waals surface area (Å²) in [6.45, 7) is 17.8. The lowest BCUT2D eigenvalue weighted by Crippen LogP contribution is -2.30. The second-order valence-electron chi connectivity index (χ2n) is 5.12. The highest BCUT2D eigenvalue weighted by Crippen LogP contribution is 2.09. The molecule has 2 atom stereocenters. The molecule has 0 amide bonds. The molecule has 2 nitrogen and oxygen atoms in total. The zero-order chi connectivity index (χ0) is 15.7. The van der Waals surface area contributed by atoms with Crippen LogP contribution in [-0.4, -0.2) is 30.8 Å². The number of carbonyl (C=O) groups excluding carboxylic acids is 1. The predicted molar refractivity (Wildman–Crippen MR) is 88.7 cm³/mol. The molecule has 0 aromatic carbocycles. The average Bonchev–Trinajstić information content (AvgIpc) is 2.44. The highest BCUT2D eigenvalue weighted by molar-refractivity contribution is 5.63. The summed E-state index contributed by atoms with van der Waals surface area (Å²) in [7, 11) is 2.23. The van der Waals surface area contributed by atoms with E-state index in [1.807, 2.05) is 0 Å². The quantitative estimate of drug-likeness (QED) is 0.483. The van der Waals surface area contributed by atoms with Gasteiger partial charge in [-0.05, 0) is 45.4 Å². The van der Waals surface area contributed by atoms with Gasteiger partial charge in [-0.15, -0.1) is 0 Å². The fourth-order valence-electron chi connectivity index (χ4n) is 1.16. The van der Waals surface area contributed by atoms with E-state index in [0.29, 0.717) is 6.29 Å². The molecule has 2 heteroatoms. The molecule has 0 heterocycles. The summed E-state index contributed by atoms with van der Waals surface area (Å²) < 4.78 is 0. The number of hydrogen-bond acceptors (Lipinski definition) is 2. The molecule has 0 N–H and O–H groups in total. The van der Waals surface area contributed by atoms with Crippen LogP contribution in [0.4, 0.5) is 0 Å². The third-order valence-electron chi connectivity index (χ3n) is 3.11. The van der Waals surface area contributed by atoms with Crippen molar-refractivity contribution in [2.45, 2.75) is 73.3 Å². The molecule has 0 saturated heterocycles. The van der Waals surface area contributed by atoms with Crippen LogP contribution in [-0.2, 0) is 4.79 Å². The third-order valence-corrected chi connectivity index (χ3v) is 3.11. The zero-order valence-electron chi connectivity index (χ0n) is 14.4. The Kier molecular flexibility index (Phi) is 24.3. The first-order valence-electron chi connectivity index (χ1n) is 7.71. The van der Waals surface area contributed by atoms with Crippen LogP contribution in [0.2, 0.25) is 0 Å². The molecule has 0 rings (SSSR count). The van der Waals surface area contributed by atoms with Gasteiger partial charge in [0.2, 0.25) is 0 Å². The maximum atomic E-state index is 9.06. The van der Waals surface area contributed by atoms with Gasteiger partial charge in [-0.2, -0.15) is 0 Å². The van der Waals surface area contributed by atoms with Gasteiger partial charge < -0.3 is 4.90 Å². The lowest BCUT2D eigenvalue weighted by atomic mass is 10.0. The van der Waals surface area contributed by atoms with Crippen LogP contribution in [0.5, 0.6) is 0 Å². The number of aldehydes is 1. The minimum absolute atomic E-state index is 0.639. The Labute approximate surface area is 122 Å². The number of allylic oxidation sites excluding steroid dienone is 1. The summed E-state index contributed by atoms with van der Waals surface area (Å²) in [4.78, 5) is 11.5. The molecule has 0 saturated carbocycles. The van der Waals surface area contributed by atoms with Crippen molar-refractivity contribution in [3.8, 4) is 0 Å². The Hall–Kier alpha value is -0.630. The molecule has 2 unspecified atom stereocenters. The van der Waals surface area contributed by atoms with E-state index in [1.54, 1.807) is 0 Å². The number of rotatable bonds is 7. The van der Waals surface area contributed by atoms with E-state index in [-0.39, 0.29) is 0 Å². The molecule has 19 heavy (non-hydrogen) atoms. The van der Waals surface area contributed by atoms with Gasteiger partial charge in [-0.25, -0.2) is 0 Å². The summed E-state index contributed by atoms with van der Waals surface area (Å²) in [6, 6.07) is 0.744. The van der Waals surface area contributed by atoms with Crippen molar-refractivity contribution in [3.63, 3.8) is 0 Å². The standard InChI is InChI=1S/C11H25N.C3H4O.C3H8/c1-6-10(3)8-9-12(5)11(4)7-2;1-2-3-4;1-3-2/h10-11H,6-9H2,1-5H3;2-3H,1H2;3H2,1-2H3. The number of hydrogen-bond donors (Lipinski definition) is 0. The second-order valence-corrected chi connectivity index (χ2v) is 5.12. The van der Waals surface area contributed by atoms with Gasteiger partial charge in [0.05, 0.1) is 0 Å². The van der Waals surface area contributed by atoms with Gasteiger partial charge in [0, 0.05) is 6.04 Å². The van der Waals surface area contributed by atoms with Crippen LogP contribution in [0.25, 0.3) is 0 Å². The molecule has 0 aromatic rings. The van der Waals surface area contributed by atoms with Gasteiger partial charge in [0.15, 0.2) is 0 Å². The summed E-state index contributed by atoms with van der Waals surface area (Å²) in [5, 5.41) is 0. The average molecular weight is 271 g/mol. The van der Waals surface area contributed by atoms with Gasteiger partial charge in [-0.1, -0.05) is 54.0 Å². The SMILES string of the molecule is C=CC=O.CCC.CCC(C)CCN(C)C(C)CC. The topological polar surface area (TPSA) is 20.3 Å². The first-order chi connectivity index (χ1) is 8.94. The van der Waals surface area contributed by atoms with E-state index in [4.69, 9.17) is 4.79 Å². The molecular formula is C17H37NO. The molecule has 0 fully saturated rings.